The maximum Gasteiger partial charge on any atom is 0.385 e. The Labute approximate surface area is 141 Å². The van der Waals surface area contributed by atoms with Crippen molar-refractivity contribution in [1.82, 2.24) is 0 Å². The standard InChI is InChI=1S/C16H22O8/c1-19-7-9-21-11-13-23-15(17)5-3-4-6-16(18)24-14-12-22-10-8-20-2/h7-14H2,1-2H3. The average Bonchev–Trinajstić information content (AvgIpc) is 2.58. The monoisotopic (exact) mass is 342 g/mol. The van der Waals surface area contributed by atoms with Crippen LogP contribution in [0, 0.1) is 23.7 Å². The first-order valence-electron chi connectivity index (χ1n) is 7.19. The van der Waals surface area contributed by atoms with E-state index in [2.05, 4.69) is 23.7 Å². The summed E-state index contributed by atoms with van der Waals surface area (Å²) < 4.78 is 29.3. The van der Waals surface area contributed by atoms with Crippen molar-refractivity contribution >= 4 is 11.9 Å². The Morgan fingerprint density at radius 3 is 1.38 bits per heavy atom. The molecule has 0 aromatic rings. The Morgan fingerprint density at radius 2 is 1.00 bits per heavy atom. The van der Waals surface area contributed by atoms with Crippen LogP contribution < -0.4 is 0 Å². The summed E-state index contributed by atoms with van der Waals surface area (Å²) in [5.74, 6) is 7.14. The lowest BCUT2D eigenvalue weighted by atomic mass is 10.5. The molecule has 0 N–H and O–H groups in total. The van der Waals surface area contributed by atoms with E-state index in [0.717, 1.165) is 0 Å². The predicted molar refractivity (Wildman–Crippen MR) is 82.9 cm³/mol. The van der Waals surface area contributed by atoms with Gasteiger partial charge in [-0.05, 0) is 11.8 Å². The van der Waals surface area contributed by atoms with E-state index < -0.39 is 11.9 Å². The third-order valence-electron chi connectivity index (χ3n) is 2.18. The summed E-state index contributed by atoms with van der Waals surface area (Å²) >= 11 is 0. The average molecular weight is 342 g/mol. The van der Waals surface area contributed by atoms with Gasteiger partial charge in [0.15, 0.2) is 0 Å². The molecule has 8 heteroatoms. The van der Waals surface area contributed by atoms with E-state index in [0.29, 0.717) is 26.4 Å². The Hall–Kier alpha value is -2.10. The van der Waals surface area contributed by atoms with Gasteiger partial charge in [0.2, 0.25) is 0 Å². The molecule has 0 radical (unpaired) electrons. The predicted octanol–water partition coefficient (Wildman–Crippen LogP) is -0.594. The summed E-state index contributed by atoms with van der Waals surface area (Å²) in [5.41, 5.74) is 0. The molecule has 0 aliphatic heterocycles. The van der Waals surface area contributed by atoms with Crippen LogP contribution in [-0.2, 0) is 38.0 Å². The second-order valence-corrected chi connectivity index (χ2v) is 3.98. The number of esters is 2. The smallest absolute Gasteiger partial charge is 0.385 e. The van der Waals surface area contributed by atoms with Crippen molar-refractivity contribution < 1.29 is 38.0 Å². The van der Waals surface area contributed by atoms with Crippen LogP contribution in [0.15, 0.2) is 0 Å². The lowest BCUT2D eigenvalue weighted by Crippen LogP contribution is -2.11. The Balaban J connectivity index is 3.70. The van der Waals surface area contributed by atoms with Crippen molar-refractivity contribution in [2.45, 2.75) is 0 Å². The molecule has 0 aromatic heterocycles. The van der Waals surface area contributed by atoms with E-state index in [4.69, 9.17) is 28.4 Å². The quantitative estimate of drug-likeness (QED) is 0.201. The highest BCUT2D eigenvalue weighted by Crippen LogP contribution is 1.82. The Morgan fingerprint density at radius 1 is 0.625 bits per heavy atom. The molecule has 0 aliphatic rings. The van der Waals surface area contributed by atoms with Crippen molar-refractivity contribution in [2.24, 2.45) is 0 Å². The van der Waals surface area contributed by atoms with Crippen molar-refractivity contribution in [3.63, 3.8) is 0 Å². The molecule has 0 bridgehead atoms. The largest absolute Gasteiger partial charge is 0.454 e. The molecule has 134 valence electrons. The number of carbonyl (C=O) groups is 2. The van der Waals surface area contributed by atoms with Crippen LogP contribution in [0.2, 0.25) is 0 Å². The third-order valence-corrected chi connectivity index (χ3v) is 2.18. The van der Waals surface area contributed by atoms with Gasteiger partial charge in [0.25, 0.3) is 0 Å². The van der Waals surface area contributed by atoms with Gasteiger partial charge < -0.3 is 28.4 Å². The van der Waals surface area contributed by atoms with Gasteiger partial charge in [0.05, 0.1) is 39.6 Å². The molecule has 0 amide bonds. The van der Waals surface area contributed by atoms with E-state index in [1.807, 2.05) is 0 Å². The molecular formula is C16H22O8. The topological polar surface area (TPSA) is 89.5 Å². The first-order chi connectivity index (χ1) is 11.7. The van der Waals surface area contributed by atoms with Crippen molar-refractivity contribution in [3.8, 4) is 23.7 Å². The fourth-order valence-electron chi connectivity index (χ4n) is 1.11. The van der Waals surface area contributed by atoms with E-state index in [9.17, 15) is 9.59 Å². The molecule has 0 saturated carbocycles. The number of hydrogen-bond donors (Lipinski definition) is 0. The van der Waals surface area contributed by atoms with Crippen LogP contribution >= 0.6 is 0 Å². The number of methoxy groups -OCH3 is 2. The Bertz CT molecular complexity index is 422. The van der Waals surface area contributed by atoms with Gasteiger partial charge in [-0.15, -0.1) is 0 Å². The van der Waals surface area contributed by atoms with Gasteiger partial charge in [-0.25, -0.2) is 9.59 Å². The van der Waals surface area contributed by atoms with E-state index >= 15 is 0 Å². The molecule has 0 spiro atoms. The third kappa shape index (κ3) is 16.3. The van der Waals surface area contributed by atoms with E-state index in [1.165, 1.54) is 0 Å². The summed E-state index contributed by atoms with van der Waals surface area (Å²) in [6.07, 6.45) is 0. The SMILES string of the molecule is COCCOCCOC(=O)C#CC#CC(=O)OCCOCCOC. The second kappa shape index (κ2) is 17.3. The van der Waals surface area contributed by atoms with Gasteiger partial charge in [-0.1, -0.05) is 0 Å². The molecule has 24 heavy (non-hydrogen) atoms. The fourth-order valence-corrected chi connectivity index (χ4v) is 1.11. The molecule has 0 aliphatic carbocycles. The maximum atomic E-state index is 11.2. The fraction of sp³-hybridized carbons (Fsp3) is 0.625. The first kappa shape index (κ1) is 21.9. The molecular weight excluding hydrogens is 320 g/mol. The summed E-state index contributed by atoms with van der Waals surface area (Å²) in [7, 11) is 3.12. The molecule has 0 saturated heterocycles. The van der Waals surface area contributed by atoms with Crippen LogP contribution in [0.1, 0.15) is 0 Å². The molecule has 0 atom stereocenters. The summed E-state index contributed by atoms with van der Waals surface area (Å²) in [5, 5.41) is 0. The molecule has 8 nitrogen and oxygen atoms in total. The minimum absolute atomic E-state index is 0.0791. The van der Waals surface area contributed by atoms with Gasteiger partial charge in [-0.3, -0.25) is 0 Å². The molecule has 0 fully saturated rings. The minimum atomic E-state index is -0.750. The van der Waals surface area contributed by atoms with Gasteiger partial charge in [-0.2, -0.15) is 0 Å². The molecule has 0 rings (SSSR count). The zero-order valence-corrected chi connectivity index (χ0v) is 13.9. The second-order valence-electron chi connectivity index (χ2n) is 3.98. The summed E-state index contributed by atoms with van der Waals surface area (Å²) in [4.78, 5) is 22.4. The maximum absolute atomic E-state index is 11.2. The lowest BCUT2D eigenvalue weighted by Gasteiger charge is -2.02. The number of carbonyl (C=O) groups excluding carboxylic acids is 2. The molecule has 0 heterocycles. The van der Waals surface area contributed by atoms with Crippen LogP contribution in [0.4, 0.5) is 0 Å². The van der Waals surface area contributed by atoms with E-state index in [1.54, 1.807) is 14.2 Å². The lowest BCUT2D eigenvalue weighted by molar-refractivity contribution is -0.139. The van der Waals surface area contributed by atoms with Crippen LogP contribution in [0.5, 0.6) is 0 Å². The number of rotatable bonds is 12. The van der Waals surface area contributed by atoms with E-state index in [-0.39, 0.29) is 26.4 Å². The highest BCUT2D eigenvalue weighted by Gasteiger charge is 1.97. The van der Waals surface area contributed by atoms with Gasteiger partial charge in [0.1, 0.15) is 13.2 Å². The first-order valence-corrected chi connectivity index (χ1v) is 7.19. The van der Waals surface area contributed by atoms with Gasteiger partial charge in [0, 0.05) is 26.1 Å². The van der Waals surface area contributed by atoms with Crippen LogP contribution in [0.25, 0.3) is 0 Å². The summed E-state index contributed by atoms with van der Waals surface area (Å²) in [6.45, 7) is 2.45. The van der Waals surface area contributed by atoms with Crippen LogP contribution in [-0.4, -0.2) is 79.0 Å². The summed E-state index contributed by atoms with van der Waals surface area (Å²) in [6, 6.07) is 0. The number of hydrogen-bond acceptors (Lipinski definition) is 8. The highest BCUT2D eigenvalue weighted by atomic mass is 16.6. The van der Waals surface area contributed by atoms with Gasteiger partial charge >= 0.3 is 11.9 Å². The molecule has 0 unspecified atom stereocenters. The number of ether oxygens (including phenoxy) is 6. The normalized spacial score (nSPS) is 9.25. The van der Waals surface area contributed by atoms with Crippen molar-refractivity contribution in [1.29, 1.82) is 0 Å². The van der Waals surface area contributed by atoms with Crippen molar-refractivity contribution in [2.75, 3.05) is 67.1 Å². The zero-order chi connectivity index (χ0) is 17.9. The Kier molecular flexibility index (Phi) is 15.7. The van der Waals surface area contributed by atoms with Crippen molar-refractivity contribution in [3.05, 3.63) is 0 Å². The minimum Gasteiger partial charge on any atom is -0.454 e. The zero-order valence-electron chi connectivity index (χ0n) is 13.9. The highest BCUT2D eigenvalue weighted by molar-refractivity contribution is 5.91. The van der Waals surface area contributed by atoms with Crippen LogP contribution in [0.3, 0.4) is 0 Å². The molecule has 0 aromatic carbocycles.